The SMILES string of the molecule is O=C(CCC1NC(=O)c2ccccc2NC1=O)Nc1ccc(F)c(F)c1. The highest BCUT2D eigenvalue weighted by molar-refractivity contribution is 6.09. The molecular weight excluding hydrogens is 344 g/mol. The van der Waals surface area contributed by atoms with E-state index in [2.05, 4.69) is 16.0 Å². The average Bonchev–Trinajstić information content (AvgIpc) is 2.73. The first kappa shape index (κ1) is 17.5. The molecule has 0 saturated carbocycles. The number of amides is 3. The molecule has 26 heavy (non-hydrogen) atoms. The number of benzene rings is 2. The lowest BCUT2D eigenvalue weighted by molar-refractivity contribution is -0.118. The van der Waals surface area contributed by atoms with E-state index in [-0.39, 0.29) is 18.5 Å². The second-order valence-electron chi connectivity index (χ2n) is 5.78. The molecule has 0 bridgehead atoms. The Morgan fingerprint density at radius 2 is 1.85 bits per heavy atom. The maximum absolute atomic E-state index is 13.1. The van der Waals surface area contributed by atoms with Gasteiger partial charge in [-0.1, -0.05) is 12.1 Å². The predicted octanol–water partition coefficient (Wildman–Crippen LogP) is 2.43. The van der Waals surface area contributed by atoms with Gasteiger partial charge < -0.3 is 16.0 Å². The molecule has 0 radical (unpaired) electrons. The molecule has 0 aliphatic carbocycles. The number of hydrogen-bond acceptors (Lipinski definition) is 3. The average molecular weight is 359 g/mol. The third kappa shape index (κ3) is 3.85. The topological polar surface area (TPSA) is 87.3 Å². The van der Waals surface area contributed by atoms with E-state index in [4.69, 9.17) is 0 Å². The lowest BCUT2D eigenvalue weighted by Crippen LogP contribution is -2.41. The van der Waals surface area contributed by atoms with E-state index in [0.717, 1.165) is 12.1 Å². The van der Waals surface area contributed by atoms with Gasteiger partial charge in [0.25, 0.3) is 5.91 Å². The summed E-state index contributed by atoms with van der Waals surface area (Å²) in [6, 6.07) is 8.69. The zero-order valence-electron chi connectivity index (χ0n) is 13.5. The van der Waals surface area contributed by atoms with Gasteiger partial charge in [0.05, 0.1) is 11.3 Å². The highest BCUT2D eigenvalue weighted by atomic mass is 19.2. The number of fused-ring (bicyclic) bond motifs is 1. The first-order chi connectivity index (χ1) is 12.4. The quantitative estimate of drug-likeness (QED) is 0.784. The normalized spacial score (nSPS) is 16.2. The fraction of sp³-hybridized carbons (Fsp3) is 0.167. The Morgan fingerprint density at radius 3 is 2.62 bits per heavy atom. The molecule has 2 aromatic carbocycles. The van der Waals surface area contributed by atoms with E-state index < -0.39 is 35.4 Å². The Balaban J connectivity index is 1.60. The summed E-state index contributed by atoms with van der Waals surface area (Å²) in [6.07, 6.45) is -0.0330. The van der Waals surface area contributed by atoms with Crippen LogP contribution in [0.3, 0.4) is 0 Å². The molecule has 0 spiro atoms. The third-order valence-electron chi connectivity index (χ3n) is 3.91. The highest BCUT2D eigenvalue weighted by Crippen LogP contribution is 2.19. The molecular formula is C18H15F2N3O3. The third-order valence-corrected chi connectivity index (χ3v) is 3.91. The molecule has 8 heteroatoms. The van der Waals surface area contributed by atoms with E-state index in [1.54, 1.807) is 24.3 Å². The number of halogens is 2. The summed E-state index contributed by atoms with van der Waals surface area (Å²) in [7, 11) is 0. The van der Waals surface area contributed by atoms with E-state index >= 15 is 0 Å². The number of carbonyl (C=O) groups is 3. The molecule has 0 fully saturated rings. The van der Waals surface area contributed by atoms with Gasteiger partial charge in [0.15, 0.2) is 11.6 Å². The summed E-state index contributed by atoms with van der Waals surface area (Å²) in [4.78, 5) is 36.4. The van der Waals surface area contributed by atoms with Gasteiger partial charge in [0, 0.05) is 18.2 Å². The molecule has 3 amide bonds. The molecule has 2 aromatic rings. The fourth-order valence-corrected chi connectivity index (χ4v) is 2.59. The summed E-state index contributed by atoms with van der Waals surface area (Å²) < 4.78 is 26.0. The van der Waals surface area contributed by atoms with Crippen LogP contribution in [0.4, 0.5) is 20.2 Å². The molecule has 134 valence electrons. The van der Waals surface area contributed by atoms with Crippen molar-refractivity contribution in [1.82, 2.24) is 5.32 Å². The Labute approximate surface area is 147 Å². The molecule has 1 unspecified atom stereocenters. The summed E-state index contributed by atoms with van der Waals surface area (Å²) in [5.41, 5.74) is 0.856. The first-order valence-corrected chi connectivity index (χ1v) is 7.89. The summed E-state index contributed by atoms with van der Waals surface area (Å²) in [5, 5.41) is 7.64. The minimum atomic E-state index is -1.07. The molecule has 3 rings (SSSR count). The molecule has 0 saturated heterocycles. The van der Waals surface area contributed by atoms with E-state index in [9.17, 15) is 23.2 Å². The molecule has 1 atom stereocenters. The van der Waals surface area contributed by atoms with Gasteiger partial charge in [-0.05, 0) is 30.7 Å². The Hall–Kier alpha value is -3.29. The van der Waals surface area contributed by atoms with Crippen LogP contribution in [0.25, 0.3) is 0 Å². The summed E-state index contributed by atoms with van der Waals surface area (Å²) in [6.45, 7) is 0. The van der Waals surface area contributed by atoms with Crippen LogP contribution < -0.4 is 16.0 Å². The number of rotatable bonds is 4. The summed E-state index contributed by atoms with van der Waals surface area (Å²) >= 11 is 0. The largest absolute Gasteiger partial charge is 0.340 e. The van der Waals surface area contributed by atoms with Crippen molar-refractivity contribution in [1.29, 1.82) is 0 Å². The van der Waals surface area contributed by atoms with E-state index in [1.807, 2.05) is 0 Å². The minimum absolute atomic E-state index is 0.0566. The van der Waals surface area contributed by atoms with Crippen molar-refractivity contribution in [2.75, 3.05) is 10.6 Å². The van der Waals surface area contributed by atoms with Crippen LogP contribution in [0.5, 0.6) is 0 Å². The maximum atomic E-state index is 13.1. The van der Waals surface area contributed by atoms with Crippen molar-refractivity contribution in [2.45, 2.75) is 18.9 Å². The maximum Gasteiger partial charge on any atom is 0.254 e. The Kier molecular flexibility index (Phi) is 4.92. The number of para-hydroxylation sites is 1. The highest BCUT2D eigenvalue weighted by Gasteiger charge is 2.27. The van der Waals surface area contributed by atoms with Gasteiger partial charge in [-0.15, -0.1) is 0 Å². The van der Waals surface area contributed by atoms with Gasteiger partial charge in [-0.25, -0.2) is 8.78 Å². The van der Waals surface area contributed by atoms with Crippen LogP contribution in [-0.2, 0) is 9.59 Å². The number of nitrogens with one attached hydrogen (secondary N) is 3. The first-order valence-electron chi connectivity index (χ1n) is 7.89. The van der Waals surface area contributed by atoms with Crippen molar-refractivity contribution < 1.29 is 23.2 Å². The van der Waals surface area contributed by atoms with Gasteiger partial charge >= 0.3 is 0 Å². The van der Waals surface area contributed by atoms with Crippen molar-refractivity contribution in [2.24, 2.45) is 0 Å². The van der Waals surface area contributed by atoms with Crippen molar-refractivity contribution in [3.05, 3.63) is 59.7 Å². The minimum Gasteiger partial charge on any atom is -0.340 e. The number of hydrogen-bond donors (Lipinski definition) is 3. The lowest BCUT2D eigenvalue weighted by atomic mass is 10.1. The van der Waals surface area contributed by atoms with Crippen molar-refractivity contribution in [3.63, 3.8) is 0 Å². The smallest absolute Gasteiger partial charge is 0.254 e. The van der Waals surface area contributed by atoms with Crippen LogP contribution in [0, 0.1) is 11.6 Å². The molecule has 1 heterocycles. The molecule has 1 aliphatic heterocycles. The van der Waals surface area contributed by atoms with Gasteiger partial charge in [0.1, 0.15) is 6.04 Å². The molecule has 1 aliphatic rings. The van der Waals surface area contributed by atoms with Crippen LogP contribution in [-0.4, -0.2) is 23.8 Å². The fourth-order valence-electron chi connectivity index (χ4n) is 2.59. The van der Waals surface area contributed by atoms with Gasteiger partial charge in [-0.2, -0.15) is 0 Å². The van der Waals surface area contributed by atoms with Crippen LogP contribution in [0.1, 0.15) is 23.2 Å². The van der Waals surface area contributed by atoms with Crippen LogP contribution in [0.2, 0.25) is 0 Å². The second-order valence-corrected chi connectivity index (χ2v) is 5.78. The zero-order valence-corrected chi connectivity index (χ0v) is 13.5. The molecule has 6 nitrogen and oxygen atoms in total. The second kappa shape index (κ2) is 7.30. The Morgan fingerprint density at radius 1 is 1.08 bits per heavy atom. The van der Waals surface area contributed by atoms with Crippen LogP contribution >= 0.6 is 0 Å². The van der Waals surface area contributed by atoms with E-state index in [1.165, 1.54) is 6.07 Å². The number of anilines is 2. The lowest BCUT2D eigenvalue weighted by Gasteiger charge is -2.14. The Bertz CT molecular complexity index is 886. The predicted molar refractivity (Wildman–Crippen MR) is 90.5 cm³/mol. The van der Waals surface area contributed by atoms with Crippen LogP contribution in [0.15, 0.2) is 42.5 Å². The molecule has 3 N–H and O–H groups in total. The summed E-state index contributed by atoms with van der Waals surface area (Å²) in [5.74, 6) is -3.41. The van der Waals surface area contributed by atoms with Crippen molar-refractivity contribution in [3.8, 4) is 0 Å². The van der Waals surface area contributed by atoms with E-state index in [0.29, 0.717) is 11.3 Å². The zero-order chi connectivity index (χ0) is 18.7. The standard InChI is InChI=1S/C18H15F2N3O3/c19-12-6-5-10(9-13(12)20)21-16(24)8-7-15-18(26)22-14-4-2-1-3-11(14)17(25)23-15/h1-6,9,15H,7-8H2,(H,21,24)(H,22,26)(H,23,25). The van der Waals surface area contributed by atoms with Crippen molar-refractivity contribution >= 4 is 29.1 Å². The van der Waals surface area contributed by atoms with Gasteiger partial charge in [0.2, 0.25) is 11.8 Å². The van der Waals surface area contributed by atoms with Gasteiger partial charge in [-0.3, -0.25) is 14.4 Å². The molecule has 0 aromatic heterocycles. The number of carbonyl (C=O) groups excluding carboxylic acids is 3. The monoisotopic (exact) mass is 359 g/mol.